The topological polar surface area (TPSA) is 65.5 Å². The van der Waals surface area contributed by atoms with Crippen LogP contribution in [0.2, 0.25) is 0 Å². The molecule has 2 heterocycles. The molecule has 132 valence electrons. The van der Waals surface area contributed by atoms with Crippen molar-refractivity contribution in [3.8, 4) is 0 Å². The number of thiazole rings is 1. The molecule has 3 rings (SSSR count). The first-order valence-electron chi connectivity index (χ1n) is 8.31. The van der Waals surface area contributed by atoms with E-state index < -0.39 is 0 Å². The first kappa shape index (κ1) is 17.6. The number of aryl methyl sites for hydroxylation is 1. The van der Waals surface area contributed by atoms with Crippen molar-refractivity contribution in [2.75, 3.05) is 31.5 Å². The third kappa shape index (κ3) is 4.64. The van der Waals surface area contributed by atoms with Crippen LogP contribution in [0.4, 0.5) is 5.69 Å². The predicted molar refractivity (Wildman–Crippen MR) is 98.8 cm³/mol. The van der Waals surface area contributed by atoms with E-state index in [1.807, 2.05) is 11.8 Å². The lowest BCUT2D eigenvalue weighted by Gasteiger charge is -2.34. The van der Waals surface area contributed by atoms with Crippen LogP contribution in [0.15, 0.2) is 29.6 Å². The molecule has 2 aromatic rings. The lowest BCUT2D eigenvalue weighted by atomic mass is 10.1. The van der Waals surface area contributed by atoms with Gasteiger partial charge in [-0.1, -0.05) is 0 Å². The number of aromatic nitrogens is 1. The Kier molecular flexibility index (Phi) is 5.45. The van der Waals surface area contributed by atoms with Gasteiger partial charge in [-0.3, -0.25) is 14.5 Å². The Morgan fingerprint density at radius 3 is 2.40 bits per heavy atom. The molecule has 0 bridgehead atoms. The van der Waals surface area contributed by atoms with Gasteiger partial charge in [0.05, 0.1) is 10.7 Å². The van der Waals surface area contributed by atoms with Gasteiger partial charge in [0.2, 0.25) is 5.91 Å². The maximum Gasteiger partial charge on any atom is 0.253 e. The molecule has 7 heteroatoms. The Bertz CT molecular complexity index is 749. The van der Waals surface area contributed by atoms with Crippen LogP contribution in [-0.2, 0) is 11.3 Å². The standard InChI is InChI=1S/C18H22N4O2S/c1-13(23)19-16-5-3-15(4-6-16)18(24)22-9-7-21(8-10-22)11-17-12-25-14(2)20-17/h3-6,12H,7-11H2,1-2H3,(H,19,23). The molecular formula is C18H22N4O2S. The normalized spacial score (nSPS) is 15.2. The molecular weight excluding hydrogens is 336 g/mol. The number of amides is 2. The minimum Gasteiger partial charge on any atom is -0.336 e. The van der Waals surface area contributed by atoms with E-state index in [1.165, 1.54) is 6.92 Å². The monoisotopic (exact) mass is 358 g/mol. The average molecular weight is 358 g/mol. The SMILES string of the molecule is CC(=O)Nc1ccc(C(=O)N2CCN(Cc3csc(C)n3)CC2)cc1. The van der Waals surface area contributed by atoms with E-state index in [4.69, 9.17) is 0 Å². The summed E-state index contributed by atoms with van der Waals surface area (Å²) in [5, 5.41) is 5.90. The molecule has 1 fully saturated rings. The van der Waals surface area contributed by atoms with Crippen LogP contribution in [0, 0.1) is 6.92 Å². The Morgan fingerprint density at radius 2 is 1.84 bits per heavy atom. The van der Waals surface area contributed by atoms with Crippen molar-refractivity contribution in [3.63, 3.8) is 0 Å². The number of carbonyl (C=O) groups is 2. The molecule has 1 N–H and O–H groups in total. The maximum atomic E-state index is 12.6. The quantitative estimate of drug-likeness (QED) is 0.911. The van der Waals surface area contributed by atoms with E-state index in [0.717, 1.165) is 43.4 Å². The van der Waals surface area contributed by atoms with Crippen LogP contribution >= 0.6 is 11.3 Å². The smallest absolute Gasteiger partial charge is 0.253 e. The van der Waals surface area contributed by atoms with Crippen molar-refractivity contribution in [1.29, 1.82) is 0 Å². The molecule has 2 amide bonds. The number of piperazine rings is 1. The van der Waals surface area contributed by atoms with Gasteiger partial charge in [0.25, 0.3) is 5.91 Å². The highest BCUT2D eigenvalue weighted by Crippen LogP contribution is 2.15. The van der Waals surface area contributed by atoms with Crippen molar-refractivity contribution in [2.45, 2.75) is 20.4 Å². The summed E-state index contributed by atoms with van der Waals surface area (Å²) in [5.74, 6) is -0.0796. The number of rotatable bonds is 4. The zero-order valence-corrected chi connectivity index (χ0v) is 15.3. The summed E-state index contributed by atoms with van der Waals surface area (Å²) in [6.07, 6.45) is 0. The minimum absolute atomic E-state index is 0.0403. The number of carbonyl (C=O) groups excluding carboxylic acids is 2. The second kappa shape index (κ2) is 7.76. The van der Waals surface area contributed by atoms with E-state index in [0.29, 0.717) is 11.3 Å². The molecule has 0 radical (unpaired) electrons. The number of nitrogens with zero attached hydrogens (tertiary/aromatic N) is 3. The molecule has 6 nitrogen and oxygen atoms in total. The fourth-order valence-corrected chi connectivity index (χ4v) is 3.50. The zero-order valence-electron chi connectivity index (χ0n) is 14.5. The van der Waals surface area contributed by atoms with E-state index in [2.05, 4.69) is 20.6 Å². The fraction of sp³-hybridized carbons (Fsp3) is 0.389. The molecule has 0 spiro atoms. The fourth-order valence-electron chi connectivity index (χ4n) is 2.90. The van der Waals surface area contributed by atoms with Crippen LogP contribution in [-0.4, -0.2) is 52.8 Å². The average Bonchev–Trinajstić information content (AvgIpc) is 3.00. The summed E-state index contributed by atoms with van der Waals surface area (Å²) in [7, 11) is 0. The van der Waals surface area contributed by atoms with Crippen LogP contribution < -0.4 is 5.32 Å². The van der Waals surface area contributed by atoms with Gasteiger partial charge in [-0.05, 0) is 31.2 Å². The summed E-state index contributed by atoms with van der Waals surface area (Å²) < 4.78 is 0. The Balaban J connectivity index is 1.53. The van der Waals surface area contributed by atoms with Gasteiger partial charge in [-0.25, -0.2) is 4.98 Å². The summed E-state index contributed by atoms with van der Waals surface area (Å²) in [6.45, 7) is 7.47. The van der Waals surface area contributed by atoms with Crippen molar-refractivity contribution in [3.05, 3.63) is 45.9 Å². The summed E-state index contributed by atoms with van der Waals surface area (Å²) in [4.78, 5) is 32.4. The molecule has 0 atom stereocenters. The Labute approximate surface area is 151 Å². The Hall–Kier alpha value is -2.25. The summed E-state index contributed by atoms with van der Waals surface area (Å²) in [5.41, 5.74) is 2.46. The molecule has 1 aliphatic heterocycles. The highest BCUT2D eigenvalue weighted by atomic mass is 32.1. The molecule has 0 unspecified atom stereocenters. The van der Waals surface area contributed by atoms with Gasteiger partial charge in [0.15, 0.2) is 0 Å². The third-order valence-corrected chi connectivity index (χ3v) is 4.99. The van der Waals surface area contributed by atoms with Crippen molar-refractivity contribution in [2.24, 2.45) is 0 Å². The second-order valence-corrected chi connectivity index (χ2v) is 7.25. The highest BCUT2D eigenvalue weighted by molar-refractivity contribution is 7.09. The molecule has 1 aliphatic rings. The molecule has 0 aliphatic carbocycles. The minimum atomic E-state index is -0.120. The zero-order chi connectivity index (χ0) is 17.8. The van der Waals surface area contributed by atoms with Crippen molar-refractivity contribution >= 4 is 28.8 Å². The first-order chi connectivity index (χ1) is 12.0. The molecule has 1 aromatic heterocycles. The summed E-state index contributed by atoms with van der Waals surface area (Å²) in [6, 6.07) is 7.04. The lowest BCUT2D eigenvalue weighted by molar-refractivity contribution is -0.114. The van der Waals surface area contributed by atoms with E-state index in [9.17, 15) is 9.59 Å². The van der Waals surface area contributed by atoms with Crippen molar-refractivity contribution < 1.29 is 9.59 Å². The third-order valence-electron chi connectivity index (χ3n) is 4.16. The van der Waals surface area contributed by atoms with E-state index >= 15 is 0 Å². The first-order valence-corrected chi connectivity index (χ1v) is 9.19. The lowest BCUT2D eigenvalue weighted by Crippen LogP contribution is -2.48. The van der Waals surface area contributed by atoms with Gasteiger partial charge in [0.1, 0.15) is 0 Å². The van der Waals surface area contributed by atoms with Crippen molar-refractivity contribution in [1.82, 2.24) is 14.8 Å². The Morgan fingerprint density at radius 1 is 1.16 bits per heavy atom. The molecule has 25 heavy (non-hydrogen) atoms. The van der Waals surface area contributed by atoms with E-state index in [1.54, 1.807) is 35.6 Å². The predicted octanol–water partition coefficient (Wildman–Crippen LogP) is 2.37. The largest absolute Gasteiger partial charge is 0.336 e. The maximum absolute atomic E-state index is 12.6. The highest BCUT2D eigenvalue weighted by Gasteiger charge is 2.22. The van der Waals surface area contributed by atoms with Gasteiger partial charge >= 0.3 is 0 Å². The number of benzene rings is 1. The number of hydrogen-bond acceptors (Lipinski definition) is 5. The molecule has 0 saturated carbocycles. The van der Waals surface area contributed by atoms with Crippen LogP contribution in [0.1, 0.15) is 28.0 Å². The molecule has 1 saturated heterocycles. The van der Waals surface area contributed by atoms with Gasteiger partial charge in [0, 0.05) is 56.3 Å². The number of nitrogens with one attached hydrogen (secondary N) is 1. The number of hydrogen-bond donors (Lipinski definition) is 1. The summed E-state index contributed by atoms with van der Waals surface area (Å²) >= 11 is 1.67. The van der Waals surface area contributed by atoms with Crippen LogP contribution in [0.5, 0.6) is 0 Å². The second-order valence-electron chi connectivity index (χ2n) is 6.18. The number of anilines is 1. The molecule has 1 aromatic carbocycles. The van der Waals surface area contributed by atoms with Gasteiger partial charge in [-0.15, -0.1) is 11.3 Å². The van der Waals surface area contributed by atoms with Gasteiger partial charge < -0.3 is 10.2 Å². The van der Waals surface area contributed by atoms with E-state index in [-0.39, 0.29) is 11.8 Å². The van der Waals surface area contributed by atoms with Crippen LogP contribution in [0.25, 0.3) is 0 Å². The van der Waals surface area contributed by atoms with Crippen LogP contribution in [0.3, 0.4) is 0 Å². The van der Waals surface area contributed by atoms with Gasteiger partial charge in [-0.2, -0.15) is 0 Å².